The maximum atomic E-state index is 11.7. The van der Waals surface area contributed by atoms with E-state index in [9.17, 15) is 4.79 Å². The predicted molar refractivity (Wildman–Crippen MR) is 120 cm³/mol. The lowest BCUT2D eigenvalue weighted by Gasteiger charge is -2.18. The topological polar surface area (TPSA) is 99.9 Å². The third-order valence-electron chi connectivity index (χ3n) is 5.13. The average Bonchev–Trinajstić information content (AvgIpc) is 3.20. The van der Waals surface area contributed by atoms with Crippen LogP contribution >= 0.6 is 0 Å². The molecule has 0 aliphatic heterocycles. The van der Waals surface area contributed by atoms with Gasteiger partial charge in [0.1, 0.15) is 17.8 Å². The molecule has 0 spiro atoms. The normalized spacial score (nSPS) is 11.9. The number of hydrogen-bond donors (Lipinski definition) is 3. The number of carbonyl (C=O) groups is 1. The number of nitrogens with two attached hydrogens (primary N) is 1. The van der Waals surface area contributed by atoms with E-state index in [1.807, 2.05) is 55.5 Å². The molecule has 0 aliphatic carbocycles. The summed E-state index contributed by atoms with van der Waals surface area (Å²) >= 11 is 0. The summed E-state index contributed by atoms with van der Waals surface area (Å²) in [5.74, 6) is 0.766. The molecule has 1 atom stereocenters. The van der Waals surface area contributed by atoms with Crippen LogP contribution in [-0.4, -0.2) is 27.5 Å². The Morgan fingerprint density at radius 2 is 1.93 bits per heavy atom. The zero-order valence-corrected chi connectivity index (χ0v) is 17.0. The number of primary amides is 1. The van der Waals surface area contributed by atoms with Crippen LogP contribution in [0.2, 0.25) is 0 Å². The zero-order valence-electron chi connectivity index (χ0n) is 17.0. The summed E-state index contributed by atoms with van der Waals surface area (Å²) in [4.78, 5) is 25.4. The Bertz CT molecular complexity index is 1170. The van der Waals surface area contributed by atoms with Gasteiger partial charge < -0.3 is 16.0 Å². The molecule has 152 valence electrons. The monoisotopic (exact) mass is 400 g/mol. The van der Waals surface area contributed by atoms with Crippen LogP contribution in [0.5, 0.6) is 0 Å². The summed E-state index contributed by atoms with van der Waals surface area (Å²) in [7, 11) is 0. The highest BCUT2D eigenvalue weighted by molar-refractivity contribution is 5.93. The SMILES string of the molecule is CCN(C(N)=O)c1cccc(-c2cc3c(N[C@H](C)c4ccccc4)ncnc3[nH]2)c1. The van der Waals surface area contributed by atoms with Crippen LogP contribution in [0.1, 0.15) is 25.5 Å². The zero-order chi connectivity index (χ0) is 21.1. The molecule has 0 aliphatic rings. The molecule has 7 nitrogen and oxygen atoms in total. The van der Waals surface area contributed by atoms with E-state index < -0.39 is 6.03 Å². The third-order valence-corrected chi connectivity index (χ3v) is 5.13. The second kappa shape index (κ2) is 8.24. The lowest BCUT2D eigenvalue weighted by molar-refractivity contribution is 0.254. The standard InChI is InChI=1S/C23H24N6O/c1-3-29(23(24)30)18-11-7-10-17(12-18)20-13-19-21(25-14-26-22(19)28-20)27-15(2)16-8-5-4-6-9-16/h4-15H,3H2,1-2H3,(H2,24,30)(H2,25,26,27,28)/t15-/m1/s1. The maximum Gasteiger partial charge on any atom is 0.319 e. The molecule has 30 heavy (non-hydrogen) atoms. The van der Waals surface area contributed by atoms with E-state index in [1.165, 1.54) is 10.5 Å². The minimum Gasteiger partial charge on any atom is -0.363 e. The molecule has 4 rings (SSSR count). The second-order valence-corrected chi connectivity index (χ2v) is 7.08. The fraction of sp³-hybridized carbons (Fsp3) is 0.174. The highest BCUT2D eigenvalue weighted by Gasteiger charge is 2.14. The van der Waals surface area contributed by atoms with Crippen molar-refractivity contribution in [1.29, 1.82) is 0 Å². The molecule has 2 amide bonds. The minimum absolute atomic E-state index is 0.0969. The first kappa shape index (κ1) is 19.4. The smallest absolute Gasteiger partial charge is 0.319 e. The van der Waals surface area contributed by atoms with Gasteiger partial charge in [-0.05, 0) is 37.6 Å². The van der Waals surface area contributed by atoms with E-state index in [-0.39, 0.29) is 6.04 Å². The van der Waals surface area contributed by atoms with E-state index in [0.717, 1.165) is 33.8 Å². The predicted octanol–water partition coefficient (Wildman–Crippen LogP) is 4.70. The molecule has 0 radical (unpaired) electrons. The number of hydrogen-bond acceptors (Lipinski definition) is 4. The van der Waals surface area contributed by atoms with Crippen molar-refractivity contribution in [3.63, 3.8) is 0 Å². The molecule has 2 aromatic heterocycles. The van der Waals surface area contributed by atoms with Gasteiger partial charge in [-0.25, -0.2) is 14.8 Å². The van der Waals surface area contributed by atoms with Gasteiger partial charge in [0, 0.05) is 29.5 Å². The van der Waals surface area contributed by atoms with Gasteiger partial charge in [-0.15, -0.1) is 0 Å². The Balaban J connectivity index is 1.68. The van der Waals surface area contributed by atoms with E-state index in [0.29, 0.717) is 6.54 Å². The number of benzene rings is 2. The first-order valence-corrected chi connectivity index (χ1v) is 9.89. The third kappa shape index (κ3) is 3.82. The number of amides is 2. The largest absolute Gasteiger partial charge is 0.363 e. The Kier molecular flexibility index (Phi) is 5.34. The Hall–Kier alpha value is -3.87. The second-order valence-electron chi connectivity index (χ2n) is 7.08. The molecule has 0 bridgehead atoms. The number of fused-ring (bicyclic) bond motifs is 1. The van der Waals surface area contributed by atoms with Crippen molar-refractivity contribution < 1.29 is 4.79 Å². The number of rotatable bonds is 6. The number of anilines is 2. The van der Waals surface area contributed by atoms with Gasteiger partial charge >= 0.3 is 6.03 Å². The van der Waals surface area contributed by atoms with Crippen LogP contribution in [0, 0.1) is 0 Å². The van der Waals surface area contributed by atoms with E-state index in [1.54, 1.807) is 6.33 Å². The molecular weight excluding hydrogens is 376 g/mol. The van der Waals surface area contributed by atoms with Crippen LogP contribution in [0.15, 0.2) is 67.0 Å². The van der Waals surface area contributed by atoms with Crippen molar-refractivity contribution in [2.24, 2.45) is 5.73 Å². The number of nitrogens with zero attached hydrogens (tertiary/aromatic N) is 3. The maximum absolute atomic E-state index is 11.7. The highest BCUT2D eigenvalue weighted by Crippen LogP contribution is 2.30. The van der Waals surface area contributed by atoms with E-state index in [4.69, 9.17) is 5.73 Å². The number of H-pyrrole nitrogens is 1. The minimum atomic E-state index is -0.474. The molecule has 0 saturated carbocycles. The Labute approximate surface area is 175 Å². The number of aromatic amines is 1. The fourth-order valence-electron chi connectivity index (χ4n) is 3.55. The van der Waals surface area contributed by atoms with Crippen LogP contribution in [0.4, 0.5) is 16.3 Å². The Morgan fingerprint density at radius 3 is 2.67 bits per heavy atom. The van der Waals surface area contributed by atoms with Crippen LogP contribution in [0.25, 0.3) is 22.3 Å². The summed E-state index contributed by atoms with van der Waals surface area (Å²) in [6.07, 6.45) is 1.55. The lowest BCUT2D eigenvalue weighted by Crippen LogP contribution is -2.35. The van der Waals surface area contributed by atoms with Crippen LogP contribution < -0.4 is 16.0 Å². The molecule has 4 N–H and O–H groups in total. The number of aromatic nitrogens is 3. The van der Waals surface area contributed by atoms with Crippen molar-refractivity contribution >= 4 is 28.6 Å². The van der Waals surface area contributed by atoms with Gasteiger partial charge in [0.2, 0.25) is 0 Å². The van der Waals surface area contributed by atoms with Gasteiger partial charge in [-0.2, -0.15) is 0 Å². The van der Waals surface area contributed by atoms with Gasteiger partial charge in [-0.3, -0.25) is 4.90 Å². The van der Waals surface area contributed by atoms with Gasteiger partial charge in [-0.1, -0.05) is 42.5 Å². The number of carbonyl (C=O) groups excluding carboxylic acids is 1. The molecule has 2 heterocycles. The number of nitrogens with one attached hydrogen (secondary N) is 2. The molecule has 0 unspecified atom stereocenters. The summed E-state index contributed by atoms with van der Waals surface area (Å²) in [5.41, 5.74) is 10.0. The Morgan fingerprint density at radius 1 is 1.13 bits per heavy atom. The molecule has 0 fully saturated rings. The summed E-state index contributed by atoms with van der Waals surface area (Å²) < 4.78 is 0. The van der Waals surface area contributed by atoms with Gasteiger partial charge in [0.25, 0.3) is 0 Å². The van der Waals surface area contributed by atoms with Crippen molar-refractivity contribution in [2.45, 2.75) is 19.9 Å². The fourth-order valence-corrected chi connectivity index (χ4v) is 3.55. The molecule has 2 aromatic carbocycles. The average molecular weight is 400 g/mol. The molecular formula is C23H24N6O. The number of urea groups is 1. The molecule has 7 heteroatoms. The van der Waals surface area contributed by atoms with Crippen molar-refractivity contribution in [3.05, 3.63) is 72.6 Å². The summed E-state index contributed by atoms with van der Waals surface area (Å²) in [6.45, 7) is 4.49. The van der Waals surface area contributed by atoms with Gasteiger partial charge in [0.05, 0.1) is 5.39 Å². The lowest BCUT2D eigenvalue weighted by atomic mass is 10.1. The molecule has 4 aromatic rings. The summed E-state index contributed by atoms with van der Waals surface area (Å²) in [6, 6.07) is 19.6. The highest BCUT2D eigenvalue weighted by atomic mass is 16.2. The van der Waals surface area contributed by atoms with Crippen molar-refractivity contribution in [2.75, 3.05) is 16.8 Å². The van der Waals surface area contributed by atoms with E-state index in [2.05, 4.69) is 39.3 Å². The van der Waals surface area contributed by atoms with Crippen LogP contribution in [0.3, 0.4) is 0 Å². The van der Waals surface area contributed by atoms with Gasteiger partial charge in [0.15, 0.2) is 0 Å². The quantitative estimate of drug-likeness (QED) is 0.437. The van der Waals surface area contributed by atoms with E-state index >= 15 is 0 Å². The van der Waals surface area contributed by atoms with Crippen molar-refractivity contribution in [3.8, 4) is 11.3 Å². The van der Waals surface area contributed by atoms with Crippen LogP contribution in [-0.2, 0) is 0 Å². The summed E-state index contributed by atoms with van der Waals surface area (Å²) in [5, 5.41) is 4.38. The van der Waals surface area contributed by atoms with Crippen molar-refractivity contribution in [1.82, 2.24) is 15.0 Å². The first-order valence-electron chi connectivity index (χ1n) is 9.89. The first-order chi connectivity index (χ1) is 14.6. The molecule has 0 saturated heterocycles.